The third-order valence-electron chi connectivity index (χ3n) is 5.48. The van der Waals surface area contributed by atoms with Crippen molar-refractivity contribution >= 4 is 17.7 Å². The van der Waals surface area contributed by atoms with Crippen molar-refractivity contribution in [3.63, 3.8) is 0 Å². The standard InChI is InChI=1S/C20H26N2O4/c1-13(14-7-5-6-10-17(14)26-2)21-18(23)11-12-22-19(24)15-8-3-4-9-16(15)20(22)25/h5-7,10,13,15-16H,3-4,8-9,11-12H2,1-2H3,(H,21,23). The van der Waals surface area contributed by atoms with Crippen LogP contribution in [0.25, 0.3) is 0 Å². The van der Waals surface area contributed by atoms with Crippen LogP contribution in [0.15, 0.2) is 24.3 Å². The van der Waals surface area contributed by atoms with Crippen LogP contribution in [0.2, 0.25) is 0 Å². The van der Waals surface area contributed by atoms with E-state index in [4.69, 9.17) is 4.74 Å². The predicted molar refractivity (Wildman–Crippen MR) is 96.3 cm³/mol. The van der Waals surface area contributed by atoms with Crippen LogP contribution in [0, 0.1) is 11.8 Å². The molecule has 2 aliphatic rings. The number of ether oxygens (including phenoxy) is 1. The third-order valence-corrected chi connectivity index (χ3v) is 5.48. The molecule has 1 aliphatic carbocycles. The molecule has 1 saturated heterocycles. The summed E-state index contributed by atoms with van der Waals surface area (Å²) in [5, 5.41) is 2.92. The Hall–Kier alpha value is -2.37. The number of hydrogen-bond acceptors (Lipinski definition) is 4. The highest BCUT2D eigenvalue weighted by Crippen LogP contribution is 2.38. The first-order chi connectivity index (χ1) is 12.5. The van der Waals surface area contributed by atoms with E-state index in [1.807, 2.05) is 31.2 Å². The number of carbonyl (C=O) groups is 3. The van der Waals surface area contributed by atoms with Gasteiger partial charge in [0.2, 0.25) is 17.7 Å². The molecule has 3 amide bonds. The average molecular weight is 358 g/mol. The molecule has 140 valence electrons. The molecule has 6 heteroatoms. The zero-order valence-electron chi connectivity index (χ0n) is 15.4. The van der Waals surface area contributed by atoms with E-state index in [1.54, 1.807) is 7.11 Å². The molecule has 1 N–H and O–H groups in total. The number of fused-ring (bicyclic) bond motifs is 1. The van der Waals surface area contributed by atoms with Crippen molar-refractivity contribution in [1.82, 2.24) is 10.2 Å². The van der Waals surface area contributed by atoms with E-state index in [9.17, 15) is 14.4 Å². The van der Waals surface area contributed by atoms with Gasteiger partial charge in [-0.3, -0.25) is 19.3 Å². The largest absolute Gasteiger partial charge is 0.496 e. The molecule has 3 rings (SSSR count). The molecule has 26 heavy (non-hydrogen) atoms. The molecular formula is C20H26N2O4. The highest BCUT2D eigenvalue weighted by atomic mass is 16.5. The summed E-state index contributed by atoms with van der Waals surface area (Å²) in [5.41, 5.74) is 0.891. The number of likely N-dealkylation sites (tertiary alicyclic amines) is 1. The fourth-order valence-corrected chi connectivity index (χ4v) is 4.08. The normalized spacial score (nSPS) is 23.5. The van der Waals surface area contributed by atoms with Gasteiger partial charge in [0, 0.05) is 18.5 Å². The second-order valence-electron chi connectivity index (χ2n) is 7.11. The van der Waals surface area contributed by atoms with Gasteiger partial charge in [-0.2, -0.15) is 0 Å². The lowest BCUT2D eigenvalue weighted by Gasteiger charge is -2.19. The third kappa shape index (κ3) is 3.59. The topological polar surface area (TPSA) is 75.7 Å². The Labute approximate surface area is 153 Å². The van der Waals surface area contributed by atoms with Crippen molar-refractivity contribution in [2.24, 2.45) is 11.8 Å². The molecule has 0 radical (unpaired) electrons. The number of para-hydroxylation sites is 1. The number of nitrogens with one attached hydrogen (secondary N) is 1. The van der Waals surface area contributed by atoms with Gasteiger partial charge in [0.05, 0.1) is 25.0 Å². The Morgan fingerprint density at radius 3 is 2.42 bits per heavy atom. The molecule has 0 bridgehead atoms. The first kappa shape index (κ1) is 18.4. The molecule has 6 nitrogen and oxygen atoms in total. The maximum absolute atomic E-state index is 12.4. The predicted octanol–water partition coefficient (Wildman–Crippen LogP) is 2.44. The summed E-state index contributed by atoms with van der Waals surface area (Å²) < 4.78 is 5.32. The second-order valence-corrected chi connectivity index (χ2v) is 7.11. The zero-order valence-corrected chi connectivity index (χ0v) is 15.4. The van der Waals surface area contributed by atoms with Crippen LogP contribution in [-0.2, 0) is 14.4 Å². The van der Waals surface area contributed by atoms with E-state index in [0.717, 1.165) is 31.2 Å². The molecule has 0 spiro atoms. The van der Waals surface area contributed by atoms with Gasteiger partial charge < -0.3 is 10.1 Å². The lowest BCUT2D eigenvalue weighted by Crippen LogP contribution is -2.36. The SMILES string of the molecule is COc1ccccc1C(C)NC(=O)CCN1C(=O)C2CCCCC2C1=O. The van der Waals surface area contributed by atoms with Crippen LogP contribution >= 0.6 is 0 Å². The van der Waals surface area contributed by atoms with Gasteiger partial charge in [0.25, 0.3) is 0 Å². The lowest BCUT2D eigenvalue weighted by molar-refractivity contribution is -0.140. The molecular weight excluding hydrogens is 332 g/mol. The second kappa shape index (κ2) is 7.89. The number of benzene rings is 1. The van der Waals surface area contributed by atoms with Crippen LogP contribution < -0.4 is 10.1 Å². The zero-order chi connectivity index (χ0) is 18.7. The first-order valence-corrected chi connectivity index (χ1v) is 9.30. The lowest BCUT2D eigenvalue weighted by atomic mass is 9.81. The van der Waals surface area contributed by atoms with Gasteiger partial charge in [-0.05, 0) is 25.8 Å². The van der Waals surface area contributed by atoms with Crippen LogP contribution in [0.3, 0.4) is 0 Å². The summed E-state index contributed by atoms with van der Waals surface area (Å²) in [6.07, 6.45) is 3.72. The number of carbonyl (C=O) groups excluding carboxylic acids is 3. The minimum absolute atomic E-state index is 0.0923. The summed E-state index contributed by atoms with van der Waals surface area (Å²) in [6, 6.07) is 7.31. The Morgan fingerprint density at radius 2 is 1.81 bits per heavy atom. The molecule has 3 unspecified atom stereocenters. The van der Waals surface area contributed by atoms with E-state index in [-0.39, 0.29) is 48.6 Å². The molecule has 0 aromatic heterocycles. The van der Waals surface area contributed by atoms with Crippen molar-refractivity contribution in [2.45, 2.75) is 45.1 Å². The van der Waals surface area contributed by atoms with Gasteiger partial charge in [-0.25, -0.2) is 0 Å². The van der Waals surface area contributed by atoms with Gasteiger partial charge in [-0.15, -0.1) is 0 Å². The smallest absolute Gasteiger partial charge is 0.233 e. The average Bonchev–Trinajstić information content (AvgIpc) is 2.90. The van der Waals surface area contributed by atoms with E-state index < -0.39 is 0 Å². The number of nitrogens with zero attached hydrogens (tertiary/aromatic N) is 1. The van der Waals surface area contributed by atoms with Crippen LogP contribution in [0.1, 0.15) is 50.6 Å². The van der Waals surface area contributed by atoms with Crippen molar-refractivity contribution in [3.05, 3.63) is 29.8 Å². The quantitative estimate of drug-likeness (QED) is 0.793. The van der Waals surface area contributed by atoms with Crippen LogP contribution in [-0.4, -0.2) is 36.3 Å². The monoisotopic (exact) mass is 358 g/mol. The minimum atomic E-state index is -0.216. The van der Waals surface area contributed by atoms with Gasteiger partial charge in [0.1, 0.15) is 5.75 Å². The molecule has 1 saturated carbocycles. The number of rotatable bonds is 6. The Morgan fingerprint density at radius 1 is 1.19 bits per heavy atom. The number of amides is 3. The number of imide groups is 1. The minimum Gasteiger partial charge on any atom is -0.496 e. The maximum Gasteiger partial charge on any atom is 0.233 e. The van der Waals surface area contributed by atoms with E-state index >= 15 is 0 Å². The molecule has 1 aromatic rings. The summed E-state index contributed by atoms with van der Waals surface area (Å²) in [4.78, 5) is 38.5. The van der Waals surface area contributed by atoms with Crippen LogP contribution in [0.4, 0.5) is 0 Å². The molecule has 1 aliphatic heterocycles. The Bertz CT molecular complexity index is 679. The van der Waals surface area contributed by atoms with Gasteiger partial charge in [0.15, 0.2) is 0 Å². The first-order valence-electron chi connectivity index (χ1n) is 9.30. The van der Waals surface area contributed by atoms with Gasteiger partial charge >= 0.3 is 0 Å². The molecule has 2 fully saturated rings. The summed E-state index contributed by atoms with van der Waals surface area (Å²) >= 11 is 0. The van der Waals surface area contributed by atoms with Gasteiger partial charge in [-0.1, -0.05) is 31.0 Å². The summed E-state index contributed by atoms with van der Waals surface area (Å²) in [6.45, 7) is 2.05. The number of methoxy groups -OCH3 is 1. The summed E-state index contributed by atoms with van der Waals surface area (Å²) in [5.74, 6) is 0.0299. The highest BCUT2D eigenvalue weighted by Gasteiger charge is 2.47. The highest BCUT2D eigenvalue weighted by molar-refractivity contribution is 6.05. The Kier molecular flexibility index (Phi) is 5.59. The van der Waals surface area contributed by atoms with E-state index in [0.29, 0.717) is 5.75 Å². The van der Waals surface area contributed by atoms with E-state index in [2.05, 4.69) is 5.32 Å². The van der Waals surface area contributed by atoms with Crippen LogP contribution in [0.5, 0.6) is 5.75 Å². The number of hydrogen-bond donors (Lipinski definition) is 1. The molecule has 1 aromatic carbocycles. The maximum atomic E-state index is 12.4. The van der Waals surface area contributed by atoms with Crippen molar-refractivity contribution in [3.8, 4) is 5.75 Å². The van der Waals surface area contributed by atoms with E-state index in [1.165, 1.54) is 4.90 Å². The fraction of sp³-hybridized carbons (Fsp3) is 0.550. The molecule has 3 atom stereocenters. The van der Waals surface area contributed by atoms with Crippen molar-refractivity contribution in [1.29, 1.82) is 0 Å². The van der Waals surface area contributed by atoms with Crippen molar-refractivity contribution < 1.29 is 19.1 Å². The Balaban J connectivity index is 1.55. The summed E-state index contributed by atoms with van der Waals surface area (Å²) in [7, 11) is 1.59. The molecule has 1 heterocycles. The van der Waals surface area contributed by atoms with Crippen molar-refractivity contribution in [2.75, 3.05) is 13.7 Å². The fourth-order valence-electron chi connectivity index (χ4n) is 4.08.